The molecule has 0 amide bonds. The second kappa shape index (κ2) is 6.55. The molecule has 23 heavy (non-hydrogen) atoms. The molecule has 0 saturated carbocycles. The van der Waals surface area contributed by atoms with Gasteiger partial charge in [0.05, 0.1) is 16.1 Å². The van der Waals surface area contributed by atoms with Gasteiger partial charge in [-0.25, -0.2) is 0 Å². The number of carbonyl (C=O) groups is 1. The van der Waals surface area contributed by atoms with Crippen molar-refractivity contribution in [2.75, 3.05) is 0 Å². The Labute approximate surface area is 137 Å². The van der Waals surface area contributed by atoms with Crippen LogP contribution in [0.3, 0.4) is 0 Å². The average Bonchev–Trinajstić information content (AvgIpc) is 2.48. The van der Waals surface area contributed by atoms with E-state index in [0.29, 0.717) is 6.07 Å². The van der Waals surface area contributed by atoms with Crippen LogP contribution in [0, 0.1) is 4.91 Å². The van der Waals surface area contributed by atoms with E-state index in [9.17, 15) is 22.9 Å². The molecule has 0 aliphatic carbocycles. The van der Waals surface area contributed by atoms with E-state index in [0.717, 1.165) is 18.2 Å². The Balaban J connectivity index is 2.34. The summed E-state index contributed by atoms with van der Waals surface area (Å²) in [6, 6.07) is 6.19. The molecule has 9 heteroatoms. The largest absolute Gasteiger partial charge is 0.456 e. The van der Waals surface area contributed by atoms with Crippen LogP contribution in [0.15, 0.2) is 41.6 Å². The van der Waals surface area contributed by atoms with Crippen LogP contribution in [0.1, 0.15) is 15.9 Å². The molecule has 0 spiro atoms. The zero-order chi connectivity index (χ0) is 17.2. The molecule has 0 aliphatic rings. The number of rotatable bonds is 4. The average molecular weight is 364 g/mol. The van der Waals surface area contributed by atoms with Crippen LogP contribution in [-0.4, -0.2) is 5.24 Å². The summed E-state index contributed by atoms with van der Waals surface area (Å²) in [5.41, 5.74) is -1.30. The fraction of sp³-hybridized carbons (Fsp3) is 0.0714. The maximum atomic E-state index is 12.6. The van der Waals surface area contributed by atoms with Crippen molar-refractivity contribution in [3.05, 3.63) is 57.5 Å². The molecule has 0 atom stereocenters. The molecule has 0 heterocycles. The van der Waals surface area contributed by atoms with Crippen molar-refractivity contribution >= 4 is 34.1 Å². The van der Waals surface area contributed by atoms with E-state index in [4.69, 9.17) is 27.9 Å². The first-order valence-corrected chi connectivity index (χ1v) is 6.70. The number of hydrogen-bond acceptors (Lipinski definition) is 4. The van der Waals surface area contributed by atoms with E-state index in [1.54, 1.807) is 0 Å². The van der Waals surface area contributed by atoms with Crippen molar-refractivity contribution < 1.29 is 22.7 Å². The van der Waals surface area contributed by atoms with Crippen molar-refractivity contribution in [2.45, 2.75) is 6.18 Å². The molecular weight excluding hydrogens is 358 g/mol. The first kappa shape index (κ1) is 17.2. The summed E-state index contributed by atoms with van der Waals surface area (Å²) in [4.78, 5) is 21.8. The van der Waals surface area contributed by atoms with Crippen LogP contribution < -0.4 is 4.74 Å². The lowest BCUT2D eigenvalue weighted by Crippen LogP contribution is -2.04. The number of nitroso groups, excluding NO2 is 1. The molecular formula is C14H6Cl2F3NO3. The molecule has 4 nitrogen and oxygen atoms in total. The van der Waals surface area contributed by atoms with Crippen molar-refractivity contribution in [2.24, 2.45) is 5.18 Å². The zero-order valence-corrected chi connectivity index (χ0v) is 12.5. The highest BCUT2D eigenvalue weighted by Gasteiger charge is 2.31. The minimum Gasteiger partial charge on any atom is -0.456 e. The number of alkyl halides is 3. The lowest BCUT2D eigenvalue weighted by molar-refractivity contribution is -0.137. The summed E-state index contributed by atoms with van der Waals surface area (Å²) in [6.07, 6.45) is -4.53. The highest BCUT2D eigenvalue weighted by Crippen LogP contribution is 2.37. The number of ether oxygens (including phenoxy) is 1. The monoisotopic (exact) mass is 363 g/mol. The van der Waals surface area contributed by atoms with Gasteiger partial charge in [0, 0.05) is 0 Å². The van der Waals surface area contributed by atoms with E-state index in [-0.39, 0.29) is 27.8 Å². The standard InChI is InChI=1S/C14H6Cl2F3NO3/c15-10-5-7(14(17,18)19)1-4-12(10)23-8-2-3-11(20-22)9(6-8)13(16)21/h1-6H. The SMILES string of the molecule is O=Nc1ccc(Oc2ccc(C(F)(F)F)cc2Cl)cc1C(=O)Cl. The number of benzene rings is 2. The molecule has 2 rings (SSSR count). The summed E-state index contributed by atoms with van der Waals surface area (Å²) in [6.45, 7) is 0. The van der Waals surface area contributed by atoms with Gasteiger partial charge >= 0.3 is 6.18 Å². The van der Waals surface area contributed by atoms with E-state index < -0.39 is 17.0 Å². The first-order valence-electron chi connectivity index (χ1n) is 5.94. The summed E-state index contributed by atoms with van der Waals surface area (Å²) in [7, 11) is 0. The molecule has 0 fully saturated rings. The molecule has 0 radical (unpaired) electrons. The van der Waals surface area contributed by atoms with E-state index in [1.807, 2.05) is 0 Å². The Bertz CT molecular complexity index is 778. The summed E-state index contributed by atoms with van der Waals surface area (Å²) in [5, 5.41) is 1.44. The molecule has 0 aromatic heterocycles. The maximum Gasteiger partial charge on any atom is 0.416 e. The van der Waals surface area contributed by atoms with Gasteiger partial charge in [-0.05, 0) is 53.2 Å². The highest BCUT2D eigenvalue weighted by atomic mass is 35.5. The Hall–Kier alpha value is -2.12. The van der Waals surface area contributed by atoms with Gasteiger partial charge in [0.2, 0.25) is 0 Å². The Morgan fingerprint density at radius 1 is 1.13 bits per heavy atom. The molecule has 120 valence electrons. The molecule has 0 N–H and O–H groups in total. The maximum absolute atomic E-state index is 12.6. The third-order valence-corrected chi connectivity index (χ3v) is 3.26. The van der Waals surface area contributed by atoms with Crippen molar-refractivity contribution in [1.82, 2.24) is 0 Å². The predicted molar refractivity (Wildman–Crippen MR) is 78.6 cm³/mol. The minimum atomic E-state index is -4.53. The van der Waals surface area contributed by atoms with Crippen LogP contribution in [0.5, 0.6) is 11.5 Å². The Morgan fingerprint density at radius 2 is 1.83 bits per heavy atom. The lowest BCUT2D eigenvalue weighted by atomic mass is 10.2. The smallest absolute Gasteiger partial charge is 0.416 e. The van der Waals surface area contributed by atoms with Crippen molar-refractivity contribution in [3.8, 4) is 11.5 Å². The lowest BCUT2D eigenvalue weighted by Gasteiger charge is -2.11. The summed E-state index contributed by atoms with van der Waals surface area (Å²) in [5.74, 6) is 0.00232. The van der Waals surface area contributed by atoms with E-state index in [1.165, 1.54) is 12.1 Å². The highest BCUT2D eigenvalue weighted by molar-refractivity contribution is 6.68. The number of halogens is 5. The van der Waals surface area contributed by atoms with E-state index in [2.05, 4.69) is 5.18 Å². The fourth-order valence-electron chi connectivity index (χ4n) is 1.70. The number of carbonyl (C=O) groups excluding carboxylic acids is 1. The van der Waals surface area contributed by atoms with Gasteiger partial charge in [-0.3, -0.25) is 4.79 Å². The number of nitrogens with zero attached hydrogens (tertiary/aromatic N) is 1. The molecule has 0 unspecified atom stereocenters. The van der Waals surface area contributed by atoms with Gasteiger partial charge in [-0.1, -0.05) is 11.6 Å². The second-order valence-corrected chi connectivity index (χ2v) is 5.04. The zero-order valence-electron chi connectivity index (χ0n) is 11.0. The van der Waals surface area contributed by atoms with Crippen LogP contribution in [0.25, 0.3) is 0 Å². The Kier molecular flexibility index (Phi) is 4.91. The van der Waals surface area contributed by atoms with Gasteiger partial charge in [0.25, 0.3) is 5.24 Å². The third kappa shape index (κ3) is 4.00. The van der Waals surface area contributed by atoms with Crippen LogP contribution in [0.4, 0.5) is 18.9 Å². The van der Waals surface area contributed by atoms with Gasteiger partial charge in [-0.15, -0.1) is 4.91 Å². The molecule has 0 aliphatic heterocycles. The van der Waals surface area contributed by atoms with Gasteiger partial charge in [0.1, 0.15) is 17.2 Å². The van der Waals surface area contributed by atoms with Gasteiger partial charge in [-0.2, -0.15) is 13.2 Å². The predicted octanol–water partition coefficient (Wildman–Crippen LogP) is 5.93. The number of hydrogen-bond donors (Lipinski definition) is 0. The van der Waals surface area contributed by atoms with Gasteiger partial charge < -0.3 is 4.74 Å². The van der Waals surface area contributed by atoms with Gasteiger partial charge in [0.15, 0.2) is 0 Å². The normalized spacial score (nSPS) is 11.2. The van der Waals surface area contributed by atoms with Crippen molar-refractivity contribution in [3.63, 3.8) is 0 Å². The summed E-state index contributed by atoms with van der Waals surface area (Å²) >= 11 is 11.1. The molecule has 0 bridgehead atoms. The van der Waals surface area contributed by atoms with Crippen molar-refractivity contribution in [1.29, 1.82) is 0 Å². The quantitative estimate of drug-likeness (QED) is 0.499. The topological polar surface area (TPSA) is 55.7 Å². The minimum absolute atomic E-state index is 0.0561. The molecule has 2 aromatic carbocycles. The van der Waals surface area contributed by atoms with E-state index >= 15 is 0 Å². The Morgan fingerprint density at radius 3 is 2.35 bits per heavy atom. The van der Waals surface area contributed by atoms with Crippen LogP contribution >= 0.6 is 23.2 Å². The van der Waals surface area contributed by atoms with Crippen LogP contribution in [-0.2, 0) is 6.18 Å². The second-order valence-electron chi connectivity index (χ2n) is 4.29. The third-order valence-electron chi connectivity index (χ3n) is 2.77. The summed E-state index contributed by atoms with van der Waals surface area (Å²) < 4.78 is 43.0. The van der Waals surface area contributed by atoms with Crippen LogP contribution in [0.2, 0.25) is 5.02 Å². The fourth-order valence-corrected chi connectivity index (χ4v) is 2.07. The first-order chi connectivity index (χ1) is 10.7. The molecule has 2 aromatic rings. The molecule has 0 saturated heterocycles.